The molecular weight excluding hydrogens is 556 g/mol. The first kappa shape index (κ1) is 29.3. The molecule has 41 heavy (non-hydrogen) atoms. The molecular formula is C28H26N2O10S. The van der Waals surface area contributed by atoms with Crippen molar-refractivity contribution >= 4 is 51.0 Å². The molecule has 0 spiro atoms. The highest BCUT2D eigenvalue weighted by Crippen LogP contribution is 2.27. The van der Waals surface area contributed by atoms with Gasteiger partial charge in [-0.1, -0.05) is 29.8 Å². The lowest BCUT2D eigenvalue weighted by atomic mass is 10.1. The molecule has 0 saturated heterocycles. The van der Waals surface area contributed by atoms with Crippen molar-refractivity contribution in [3.63, 3.8) is 0 Å². The van der Waals surface area contributed by atoms with Crippen LogP contribution in [0.1, 0.15) is 36.5 Å². The van der Waals surface area contributed by atoms with Gasteiger partial charge in [0.2, 0.25) is 12.0 Å². The maximum atomic E-state index is 13.2. The van der Waals surface area contributed by atoms with Crippen LogP contribution in [0.25, 0.3) is 0 Å². The van der Waals surface area contributed by atoms with Crippen molar-refractivity contribution in [1.82, 2.24) is 4.90 Å². The molecule has 2 aliphatic rings. The van der Waals surface area contributed by atoms with Gasteiger partial charge in [-0.15, -0.1) is 0 Å². The fourth-order valence-electron chi connectivity index (χ4n) is 4.20. The SMILES string of the molecule is Cc1ccc(S(=O)(=O)CC(OC(=O)OC2C(=O)CCC2=O)c2cccc(NC(=O)CCN3C(=O)C=CC3=O)c2)cc1. The summed E-state index contributed by atoms with van der Waals surface area (Å²) in [6.07, 6.45) is -2.56. The molecule has 1 N–H and O–H groups in total. The maximum Gasteiger partial charge on any atom is 0.510 e. The van der Waals surface area contributed by atoms with Crippen LogP contribution >= 0.6 is 0 Å². The lowest BCUT2D eigenvalue weighted by Crippen LogP contribution is -2.33. The monoisotopic (exact) mass is 582 g/mol. The minimum atomic E-state index is -4.01. The first-order chi connectivity index (χ1) is 19.4. The van der Waals surface area contributed by atoms with Crippen molar-refractivity contribution in [2.24, 2.45) is 0 Å². The molecule has 1 aliphatic carbocycles. The Balaban J connectivity index is 1.51. The topological polar surface area (TPSA) is 170 Å². The minimum Gasteiger partial charge on any atom is -0.425 e. The predicted octanol–water partition coefficient (Wildman–Crippen LogP) is 2.22. The molecule has 13 heteroatoms. The van der Waals surface area contributed by atoms with Crippen LogP contribution in [0.5, 0.6) is 0 Å². The van der Waals surface area contributed by atoms with E-state index in [1.807, 2.05) is 0 Å². The molecule has 0 radical (unpaired) electrons. The number of ketones is 2. The number of sulfone groups is 1. The molecule has 2 aromatic rings. The van der Waals surface area contributed by atoms with Crippen molar-refractivity contribution in [3.8, 4) is 0 Å². The van der Waals surface area contributed by atoms with Gasteiger partial charge in [0.15, 0.2) is 21.4 Å². The Morgan fingerprint density at radius 2 is 1.61 bits per heavy atom. The van der Waals surface area contributed by atoms with E-state index in [2.05, 4.69) is 5.32 Å². The predicted molar refractivity (Wildman–Crippen MR) is 142 cm³/mol. The zero-order valence-electron chi connectivity index (χ0n) is 21.9. The largest absolute Gasteiger partial charge is 0.510 e. The minimum absolute atomic E-state index is 0.0174. The third-order valence-corrected chi connectivity index (χ3v) is 8.14. The standard InChI is InChI=1S/C28H26N2O10S/c1-17-5-7-20(8-6-17)41(37,38)16-23(39-28(36)40-27-21(31)9-10-22(27)32)18-3-2-4-19(15-18)29-24(33)13-14-30-25(34)11-12-26(30)35/h2-8,11-12,15,23,27H,9-10,13-14,16H2,1H3,(H,29,33). The molecule has 1 unspecified atom stereocenters. The molecule has 1 aliphatic heterocycles. The smallest absolute Gasteiger partial charge is 0.425 e. The number of carbonyl (C=O) groups is 6. The molecule has 0 bridgehead atoms. The normalized spacial score (nSPS) is 16.3. The number of anilines is 1. The number of carbonyl (C=O) groups excluding carboxylic acids is 6. The average Bonchev–Trinajstić information content (AvgIpc) is 3.41. The van der Waals surface area contributed by atoms with Gasteiger partial charge in [-0.05, 0) is 36.8 Å². The molecule has 3 amide bonds. The van der Waals surface area contributed by atoms with Gasteiger partial charge in [0, 0.05) is 43.6 Å². The van der Waals surface area contributed by atoms with Gasteiger partial charge in [-0.25, -0.2) is 13.2 Å². The Morgan fingerprint density at radius 3 is 2.24 bits per heavy atom. The highest BCUT2D eigenvalue weighted by molar-refractivity contribution is 7.91. The quantitative estimate of drug-likeness (QED) is 0.249. The number of hydrogen-bond donors (Lipinski definition) is 1. The van der Waals surface area contributed by atoms with Crippen LogP contribution in [0, 0.1) is 6.92 Å². The Kier molecular flexibility index (Phi) is 8.77. The number of hydrogen-bond acceptors (Lipinski definition) is 10. The van der Waals surface area contributed by atoms with E-state index in [0.717, 1.165) is 22.6 Å². The molecule has 214 valence electrons. The van der Waals surface area contributed by atoms with Gasteiger partial charge >= 0.3 is 6.16 Å². The number of nitrogens with zero attached hydrogens (tertiary/aromatic N) is 1. The lowest BCUT2D eigenvalue weighted by Gasteiger charge is -2.20. The number of benzene rings is 2. The average molecular weight is 583 g/mol. The van der Waals surface area contributed by atoms with Crippen LogP contribution in [0.3, 0.4) is 0 Å². The molecule has 1 heterocycles. The number of imide groups is 1. The van der Waals surface area contributed by atoms with E-state index >= 15 is 0 Å². The summed E-state index contributed by atoms with van der Waals surface area (Å²) in [5.74, 6) is -3.43. The number of ether oxygens (including phenoxy) is 2. The van der Waals surface area contributed by atoms with E-state index in [-0.39, 0.29) is 42.0 Å². The van der Waals surface area contributed by atoms with Crippen molar-refractivity contribution < 1.29 is 46.7 Å². The second-order valence-corrected chi connectivity index (χ2v) is 11.5. The molecule has 2 aromatic carbocycles. The number of aryl methyl sites for hydroxylation is 1. The van der Waals surface area contributed by atoms with Crippen LogP contribution in [0.15, 0.2) is 65.6 Å². The summed E-state index contributed by atoms with van der Waals surface area (Å²) in [6.45, 7) is 1.66. The highest BCUT2D eigenvalue weighted by atomic mass is 32.2. The molecule has 1 saturated carbocycles. The van der Waals surface area contributed by atoms with E-state index in [0.29, 0.717) is 0 Å². The van der Waals surface area contributed by atoms with E-state index < -0.39 is 63.2 Å². The third kappa shape index (κ3) is 7.31. The summed E-state index contributed by atoms with van der Waals surface area (Å²) in [6, 6.07) is 11.9. The Hall–Kier alpha value is -4.65. The summed E-state index contributed by atoms with van der Waals surface area (Å²) in [7, 11) is -4.01. The fraction of sp³-hybridized carbons (Fsp3) is 0.286. The number of amides is 3. The Labute approximate surface area is 235 Å². The van der Waals surface area contributed by atoms with Crippen LogP contribution in [0.2, 0.25) is 0 Å². The second kappa shape index (κ2) is 12.3. The van der Waals surface area contributed by atoms with Crippen LogP contribution in [0.4, 0.5) is 10.5 Å². The number of nitrogens with one attached hydrogen (secondary N) is 1. The van der Waals surface area contributed by atoms with Crippen molar-refractivity contribution in [3.05, 3.63) is 71.8 Å². The summed E-state index contributed by atoms with van der Waals surface area (Å²) >= 11 is 0. The van der Waals surface area contributed by atoms with Gasteiger partial charge in [0.25, 0.3) is 11.8 Å². The summed E-state index contributed by atoms with van der Waals surface area (Å²) < 4.78 is 36.7. The van der Waals surface area contributed by atoms with Gasteiger partial charge in [0.05, 0.1) is 10.6 Å². The Morgan fingerprint density at radius 1 is 0.976 bits per heavy atom. The maximum absolute atomic E-state index is 13.2. The zero-order chi connectivity index (χ0) is 29.7. The Bertz CT molecular complexity index is 1510. The van der Waals surface area contributed by atoms with Crippen LogP contribution in [-0.2, 0) is 43.3 Å². The van der Waals surface area contributed by atoms with Crippen LogP contribution in [-0.4, -0.2) is 67.2 Å². The van der Waals surface area contributed by atoms with E-state index in [1.165, 1.54) is 36.4 Å². The number of Topliss-reactive ketones (excluding diaryl/α,β-unsaturated/α-hetero) is 2. The van der Waals surface area contributed by atoms with Gasteiger partial charge in [-0.2, -0.15) is 0 Å². The summed E-state index contributed by atoms with van der Waals surface area (Å²) in [5.41, 5.74) is 1.23. The molecule has 1 atom stereocenters. The summed E-state index contributed by atoms with van der Waals surface area (Å²) in [5, 5.41) is 2.60. The van der Waals surface area contributed by atoms with Gasteiger partial charge in [0.1, 0.15) is 6.10 Å². The van der Waals surface area contributed by atoms with E-state index in [9.17, 15) is 37.2 Å². The fourth-order valence-corrected chi connectivity index (χ4v) is 5.61. The number of rotatable bonds is 10. The van der Waals surface area contributed by atoms with E-state index in [1.54, 1.807) is 19.1 Å². The van der Waals surface area contributed by atoms with Crippen LogP contribution < -0.4 is 5.32 Å². The molecule has 12 nitrogen and oxygen atoms in total. The zero-order valence-corrected chi connectivity index (χ0v) is 22.7. The lowest BCUT2D eigenvalue weighted by molar-refractivity contribution is -0.137. The van der Waals surface area contributed by atoms with Gasteiger partial charge in [-0.3, -0.25) is 28.9 Å². The van der Waals surface area contributed by atoms with E-state index in [4.69, 9.17) is 9.47 Å². The first-order valence-corrected chi connectivity index (χ1v) is 14.2. The van der Waals surface area contributed by atoms with Gasteiger partial charge < -0.3 is 14.8 Å². The first-order valence-electron chi connectivity index (χ1n) is 12.6. The molecule has 4 rings (SSSR count). The van der Waals surface area contributed by atoms with Crippen molar-refractivity contribution in [2.45, 2.75) is 43.3 Å². The van der Waals surface area contributed by atoms with Crippen molar-refractivity contribution in [1.29, 1.82) is 0 Å². The summed E-state index contributed by atoms with van der Waals surface area (Å²) in [4.78, 5) is 73.2. The third-order valence-electron chi connectivity index (χ3n) is 6.41. The van der Waals surface area contributed by atoms with Crippen molar-refractivity contribution in [2.75, 3.05) is 17.6 Å². The molecule has 0 aromatic heterocycles. The molecule has 1 fully saturated rings. The highest BCUT2D eigenvalue weighted by Gasteiger charge is 2.38. The second-order valence-electron chi connectivity index (χ2n) is 9.47.